The van der Waals surface area contributed by atoms with Crippen LogP contribution in [0.1, 0.15) is 40.2 Å². The summed E-state index contributed by atoms with van der Waals surface area (Å²) in [6, 6.07) is 14.2. The molecular formula is C21H25N3O. The van der Waals surface area contributed by atoms with Crippen molar-refractivity contribution in [3.63, 3.8) is 0 Å². The van der Waals surface area contributed by atoms with Gasteiger partial charge in [-0.05, 0) is 57.9 Å². The molecule has 0 spiro atoms. The lowest BCUT2D eigenvalue weighted by molar-refractivity contribution is 0.416. The number of aliphatic hydroxyl groups excluding tert-OH is 1. The van der Waals surface area contributed by atoms with E-state index >= 15 is 0 Å². The van der Waals surface area contributed by atoms with Gasteiger partial charge < -0.3 is 10.4 Å². The van der Waals surface area contributed by atoms with Crippen molar-refractivity contribution in [3.05, 3.63) is 60.0 Å². The van der Waals surface area contributed by atoms with Gasteiger partial charge in [0.2, 0.25) is 0 Å². The van der Waals surface area contributed by atoms with Crippen LogP contribution in [0.25, 0.3) is 22.5 Å². The van der Waals surface area contributed by atoms with E-state index in [4.69, 9.17) is 4.98 Å². The molecule has 1 aromatic carbocycles. The zero-order valence-electron chi connectivity index (χ0n) is 15.5. The topological polar surface area (TPSA) is 49.6 Å². The van der Waals surface area contributed by atoms with Gasteiger partial charge in [0, 0.05) is 17.3 Å². The summed E-state index contributed by atoms with van der Waals surface area (Å²) in [5, 5.41) is 13.3. The number of aromatic nitrogens is 2. The minimum atomic E-state index is -0.0756. The van der Waals surface area contributed by atoms with Crippen LogP contribution in [-0.4, -0.2) is 20.0 Å². The molecule has 2 aromatic heterocycles. The molecular weight excluding hydrogens is 310 g/mol. The highest BCUT2D eigenvalue weighted by Crippen LogP contribution is 2.31. The summed E-state index contributed by atoms with van der Waals surface area (Å²) in [6.45, 7) is 10.0. The highest BCUT2D eigenvalue weighted by molar-refractivity contribution is 5.78. The fraction of sp³-hybridized carbons (Fsp3) is 0.286. The van der Waals surface area contributed by atoms with Gasteiger partial charge in [-0.2, -0.15) is 0 Å². The van der Waals surface area contributed by atoms with E-state index < -0.39 is 0 Å². The number of anilines is 1. The maximum atomic E-state index is 9.68. The highest BCUT2D eigenvalue weighted by atomic mass is 16.3. The van der Waals surface area contributed by atoms with E-state index in [2.05, 4.69) is 42.6 Å². The van der Waals surface area contributed by atoms with E-state index in [1.54, 1.807) is 6.92 Å². The minimum Gasteiger partial charge on any atom is -0.512 e. The molecule has 0 atom stereocenters. The summed E-state index contributed by atoms with van der Waals surface area (Å²) in [5.41, 5.74) is 4.70. The van der Waals surface area contributed by atoms with Gasteiger partial charge in [0.15, 0.2) is 0 Å². The van der Waals surface area contributed by atoms with Crippen molar-refractivity contribution in [2.75, 3.05) is 5.32 Å². The molecule has 0 saturated heterocycles. The fourth-order valence-electron chi connectivity index (χ4n) is 2.76. The van der Waals surface area contributed by atoms with E-state index in [1.165, 1.54) is 0 Å². The van der Waals surface area contributed by atoms with Crippen molar-refractivity contribution < 1.29 is 5.11 Å². The van der Waals surface area contributed by atoms with Crippen LogP contribution in [0.2, 0.25) is 0 Å². The van der Waals surface area contributed by atoms with E-state index in [1.807, 2.05) is 43.5 Å². The second kappa shape index (κ2) is 6.28. The van der Waals surface area contributed by atoms with Crippen LogP contribution in [0.3, 0.4) is 0 Å². The van der Waals surface area contributed by atoms with Crippen LogP contribution >= 0.6 is 0 Å². The molecule has 3 aromatic rings. The number of aliphatic hydroxyl groups is 1. The molecule has 4 heteroatoms. The summed E-state index contributed by atoms with van der Waals surface area (Å²) in [5.74, 6) is 1.33. The number of benzene rings is 1. The van der Waals surface area contributed by atoms with E-state index in [0.29, 0.717) is 5.76 Å². The predicted molar refractivity (Wildman–Crippen MR) is 105 cm³/mol. The maximum Gasteiger partial charge on any atom is 0.139 e. The average molecular weight is 335 g/mol. The fourth-order valence-corrected chi connectivity index (χ4v) is 2.76. The number of hydrogen-bond acceptors (Lipinski definition) is 3. The van der Waals surface area contributed by atoms with Gasteiger partial charge in [-0.15, -0.1) is 0 Å². The Kier molecular flexibility index (Phi) is 4.29. The Balaban J connectivity index is 2.12. The van der Waals surface area contributed by atoms with Crippen LogP contribution in [0.4, 0.5) is 5.82 Å². The van der Waals surface area contributed by atoms with Gasteiger partial charge in [0.05, 0.1) is 5.76 Å². The van der Waals surface area contributed by atoms with Crippen molar-refractivity contribution in [2.45, 2.75) is 40.2 Å². The summed E-state index contributed by atoms with van der Waals surface area (Å²) < 4.78 is 2.08. The van der Waals surface area contributed by atoms with Crippen molar-refractivity contribution in [1.29, 1.82) is 0 Å². The Bertz CT molecular complexity index is 924. The Morgan fingerprint density at radius 2 is 1.72 bits per heavy atom. The zero-order valence-corrected chi connectivity index (χ0v) is 15.5. The smallest absolute Gasteiger partial charge is 0.139 e. The molecule has 0 aliphatic rings. The monoisotopic (exact) mass is 335 g/mol. The Labute approximate surface area is 148 Å². The predicted octanol–water partition coefficient (Wildman–Crippen LogP) is 5.52. The molecule has 0 unspecified atom stereocenters. The van der Waals surface area contributed by atoms with Crippen LogP contribution in [0, 0.1) is 0 Å². The number of allylic oxidation sites excluding steroid dienone is 2. The first-order chi connectivity index (χ1) is 11.8. The lowest BCUT2D eigenvalue weighted by Crippen LogP contribution is -2.27. The Hall–Kier alpha value is -2.75. The molecule has 0 amide bonds. The first-order valence-electron chi connectivity index (χ1n) is 8.49. The van der Waals surface area contributed by atoms with Crippen molar-refractivity contribution in [2.24, 2.45) is 0 Å². The Morgan fingerprint density at radius 1 is 1.04 bits per heavy atom. The van der Waals surface area contributed by atoms with Gasteiger partial charge in [-0.3, -0.25) is 4.40 Å². The minimum absolute atomic E-state index is 0.0756. The second-order valence-electron chi connectivity index (χ2n) is 7.40. The van der Waals surface area contributed by atoms with E-state index in [-0.39, 0.29) is 5.54 Å². The number of pyridine rings is 1. The first-order valence-corrected chi connectivity index (χ1v) is 8.49. The normalized spacial score (nSPS) is 13.0. The maximum absolute atomic E-state index is 9.68. The summed E-state index contributed by atoms with van der Waals surface area (Å²) >= 11 is 0. The Morgan fingerprint density at radius 3 is 2.32 bits per heavy atom. The summed E-state index contributed by atoms with van der Waals surface area (Å²) in [4.78, 5) is 4.82. The van der Waals surface area contributed by atoms with Crippen LogP contribution in [0.5, 0.6) is 0 Å². The molecule has 3 rings (SSSR count). The van der Waals surface area contributed by atoms with Gasteiger partial charge >= 0.3 is 0 Å². The van der Waals surface area contributed by atoms with E-state index in [0.717, 1.165) is 33.9 Å². The number of imidazole rings is 1. The average Bonchev–Trinajstić information content (AvgIpc) is 2.91. The van der Waals surface area contributed by atoms with E-state index in [9.17, 15) is 5.11 Å². The molecule has 4 nitrogen and oxygen atoms in total. The molecule has 0 radical (unpaired) electrons. The standard InChI is InChI=1S/C21H25N3O/c1-14(15(2)25)16-9-11-17(12-10-16)19-20(23-21(3,4)5)24-13-7-6-8-18(24)22-19/h6-13,23,25H,1-5H3/b15-14+. The highest BCUT2D eigenvalue weighted by Gasteiger charge is 2.19. The summed E-state index contributed by atoms with van der Waals surface area (Å²) in [7, 11) is 0. The lowest BCUT2D eigenvalue weighted by atomic mass is 10.0. The number of hydrogen-bond donors (Lipinski definition) is 2. The SMILES string of the molecule is C/C(O)=C(/C)c1ccc(-c2nc3ccccn3c2NC(C)(C)C)cc1. The molecule has 0 aliphatic heterocycles. The van der Waals surface area contributed by atoms with Crippen molar-refractivity contribution in [1.82, 2.24) is 9.38 Å². The summed E-state index contributed by atoms with van der Waals surface area (Å²) in [6.07, 6.45) is 2.02. The van der Waals surface area contributed by atoms with Crippen LogP contribution < -0.4 is 5.32 Å². The van der Waals surface area contributed by atoms with Gasteiger partial charge in [0.25, 0.3) is 0 Å². The first kappa shape index (κ1) is 17.1. The molecule has 2 N–H and O–H groups in total. The van der Waals surface area contributed by atoms with Gasteiger partial charge in [-0.25, -0.2) is 4.98 Å². The molecule has 0 aliphatic carbocycles. The van der Waals surface area contributed by atoms with Crippen LogP contribution in [0.15, 0.2) is 54.4 Å². The van der Waals surface area contributed by atoms with Crippen molar-refractivity contribution in [3.8, 4) is 11.3 Å². The molecule has 2 heterocycles. The van der Waals surface area contributed by atoms with Gasteiger partial charge in [-0.1, -0.05) is 30.3 Å². The molecule has 25 heavy (non-hydrogen) atoms. The number of rotatable bonds is 3. The third-order valence-electron chi connectivity index (χ3n) is 4.16. The second-order valence-corrected chi connectivity index (χ2v) is 7.40. The largest absolute Gasteiger partial charge is 0.512 e. The van der Waals surface area contributed by atoms with Crippen LogP contribution in [-0.2, 0) is 0 Å². The number of nitrogens with zero attached hydrogens (tertiary/aromatic N) is 2. The molecule has 130 valence electrons. The third-order valence-corrected chi connectivity index (χ3v) is 4.16. The molecule has 0 saturated carbocycles. The number of fused-ring (bicyclic) bond motifs is 1. The zero-order chi connectivity index (χ0) is 18.2. The molecule has 0 bridgehead atoms. The lowest BCUT2D eigenvalue weighted by Gasteiger charge is -2.22. The van der Waals surface area contributed by atoms with Gasteiger partial charge in [0.1, 0.15) is 17.2 Å². The quantitative estimate of drug-likeness (QED) is 0.620. The number of nitrogens with one attached hydrogen (secondary N) is 1. The third kappa shape index (κ3) is 3.53. The molecule has 0 fully saturated rings. The van der Waals surface area contributed by atoms with Crippen molar-refractivity contribution >= 4 is 17.0 Å².